The van der Waals surface area contributed by atoms with Gasteiger partial charge in [0.25, 0.3) is 0 Å². The number of aromatic nitrogens is 4. The predicted molar refractivity (Wildman–Crippen MR) is 109 cm³/mol. The van der Waals surface area contributed by atoms with Gasteiger partial charge in [-0.1, -0.05) is 6.92 Å². The number of nitrogens with zero attached hydrogens (tertiary/aromatic N) is 4. The Kier molecular flexibility index (Phi) is 6.31. The number of hydrogen-bond donors (Lipinski definition) is 2. The number of nitrogens with two attached hydrogens (primary N) is 1. The number of imidazole rings is 1. The molecule has 0 radical (unpaired) electrons. The number of aliphatic hydroxyl groups is 1. The van der Waals surface area contributed by atoms with Crippen molar-refractivity contribution in [3.05, 3.63) is 12.2 Å². The van der Waals surface area contributed by atoms with Crippen molar-refractivity contribution >= 4 is 24.4 Å². The average Bonchev–Trinajstić information content (AvgIpc) is 3.14. The summed E-state index contributed by atoms with van der Waals surface area (Å²) in [6, 6.07) is 0. The van der Waals surface area contributed by atoms with Crippen molar-refractivity contribution in [2.24, 2.45) is 5.41 Å². The van der Waals surface area contributed by atoms with Gasteiger partial charge in [-0.3, -0.25) is 9.13 Å². The Labute approximate surface area is 170 Å². The van der Waals surface area contributed by atoms with Crippen LogP contribution in [0.15, 0.2) is 6.33 Å². The monoisotopic (exact) mass is 427 g/mol. The van der Waals surface area contributed by atoms with Crippen LogP contribution in [-0.2, 0) is 18.6 Å². The van der Waals surface area contributed by atoms with Gasteiger partial charge in [0.05, 0.1) is 37.2 Å². The second-order valence-corrected chi connectivity index (χ2v) is 10.6. The van der Waals surface area contributed by atoms with E-state index >= 15 is 0 Å². The van der Waals surface area contributed by atoms with E-state index in [1.165, 1.54) is 0 Å². The van der Waals surface area contributed by atoms with Crippen LogP contribution in [0.1, 0.15) is 32.3 Å². The predicted octanol–water partition coefficient (Wildman–Crippen LogP) is 1.96. The molecular formula is C18H30N5O5P. The Balaban J connectivity index is 1.94. The number of methoxy groups -OCH3 is 1. The highest BCUT2D eigenvalue weighted by atomic mass is 31.2. The Morgan fingerprint density at radius 1 is 1.45 bits per heavy atom. The standard InChI is InChI=1S/C18H30N5O5P/c1-6-27-29(5,25)8-7-12-14(24)18(3,9-26-4)17(28-12)23-10-20-13-15(19)21-11(2)22-16(13)23/h10,12,14,17,24H,6-9H2,1-5H3,(H2,19,21,22)/t12-,14+,17-,18?,29?/m1/s1. The number of rotatable bonds is 8. The lowest BCUT2D eigenvalue weighted by Gasteiger charge is -2.32. The van der Waals surface area contributed by atoms with Gasteiger partial charge in [-0.05, 0) is 20.3 Å². The molecule has 0 saturated carbocycles. The molecule has 0 aliphatic carbocycles. The molecule has 2 aromatic rings. The van der Waals surface area contributed by atoms with E-state index in [4.69, 9.17) is 19.7 Å². The summed E-state index contributed by atoms with van der Waals surface area (Å²) in [5, 5.41) is 11.1. The van der Waals surface area contributed by atoms with E-state index in [1.54, 1.807) is 31.6 Å². The minimum Gasteiger partial charge on any atom is -0.390 e. The van der Waals surface area contributed by atoms with Gasteiger partial charge in [0.15, 0.2) is 18.8 Å². The van der Waals surface area contributed by atoms with E-state index in [0.717, 1.165) is 0 Å². The molecule has 5 atom stereocenters. The van der Waals surface area contributed by atoms with Gasteiger partial charge in [-0.15, -0.1) is 0 Å². The summed E-state index contributed by atoms with van der Waals surface area (Å²) in [4.78, 5) is 13.0. The zero-order valence-electron chi connectivity index (χ0n) is 17.5. The number of hydrogen-bond acceptors (Lipinski definition) is 9. The third-order valence-electron chi connectivity index (χ3n) is 5.39. The molecule has 3 N–H and O–H groups in total. The highest BCUT2D eigenvalue weighted by Gasteiger charge is 2.54. The average molecular weight is 427 g/mol. The van der Waals surface area contributed by atoms with E-state index in [2.05, 4.69) is 15.0 Å². The lowest BCUT2D eigenvalue weighted by atomic mass is 9.82. The lowest BCUT2D eigenvalue weighted by molar-refractivity contribution is -0.0587. The van der Waals surface area contributed by atoms with Gasteiger partial charge in [0, 0.05) is 19.9 Å². The summed E-state index contributed by atoms with van der Waals surface area (Å²) in [6.07, 6.45) is 0.335. The van der Waals surface area contributed by atoms with E-state index in [-0.39, 0.29) is 6.61 Å². The van der Waals surface area contributed by atoms with Crippen LogP contribution >= 0.6 is 7.37 Å². The second kappa shape index (κ2) is 8.28. The number of nitrogen functional groups attached to an aromatic ring is 1. The molecule has 3 rings (SSSR count). The SMILES string of the molecule is CCOP(C)(=O)CC[C@H]1O[C@@H](n2cnc3c(N)nc(C)nc32)C(C)(COC)[C@H]1O. The summed E-state index contributed by atoms with van der Waals surface area (Å²) >= 11 is 0. The van der Waals surface area contributed by atoms with Crippen LogP contribution in [0.3, 0.4) is 0 Å². The number of aliphatic hydroxyl groups excluding tert-OH is 1. The van der Waals surface area contributed by atoms with Crippen LogP contribution in [0, 0.1) is 12.3 Å². The smallest absolute Gasteiger partial charge is 0.200 e. The molecule has 162 valence electrons. The van der Waals surface area contributed by atoms with Gasteiger partial charge in [0.2, 0.25) is 0 Å². The van der Waals surface area contributed by atoms with E-state index < -0.39 is 31.2 Å². The quantitative estimate of drug-likeness (QED) is 0.606. The zero-order valence-corrected chi connectivity index (χ0v) is 18.4. The number of fused-ring (bicyclic) bond motifs is 1. The van der Waals surface area contributed by atoms with E-state index in [9.17, 15) is 9.67 Å². The van der Waals surface area contributed by atoms with Gasteiger partial charge in [0.1, 0.15) is 17.6 Å². The lowest BCUT2D eigenvalue weighted by Crippen LogP contribution is -2.41. The normalized spacial score (nSPS) is 29.4. The third kappa shape index (κ3) is 4.18. The molecule has 0 aromatic carbocycles. The van der Waals surface area contributed by atoms with Crippen molar-refractivity contribution in [3.63, 3.8) is 0 Å². The van der Waals surface area contributed by atoms with Crippen LogP contribution in [0.5, 0.6) is 0 Å². The first-order valence-electron chi connectivity index (χ1n) is 9.63. The maximum atomic E-state index is 12.5. The minimum absolute atomic E-state index is 0.254. The molecule has 3 heterocycles. The molecule has 2 aromatic heterocycles. The van der Waals surface area contributed by atoms with Gasteiger partial charge < -0.3 is 24.8 Å². The van der Waals surface area contributed by atoms with Crippen LogP contribution < -0.4 is 5.73 Å². The first kappa shape index (κ1) is 22.1. The molecule has 10 nitrogen and oxygen atoms in total. The van der Waals surface area contributed by atoms with Crippen molar-refractivity contribution in [2.75, 3.05) is 38.9 Å². The van der Waals surface area contributed by atoms with Crippen LogP contribution in [0.25, 0.3) is 11.2 Å². The number of ether oxygens (including phenoxy) is 2. The summed E-state index contributed by atoms with van der Waals surface area (Å²) in [5.41, 5.74) is 6.22. The molecule has 0 amide bonds. The van der Waals surface area contributed by atoms with Gasteiger partial charge in [-0.25, -0.2) is 15.0 Å². The molecule has 29 heavy (non-hydrogen) atoms. The van der Waals surface area contributed by atoms with Crippen molar-refractivity contribution < 1.29 is 23.7 Å². The molecule has 2 unspecified atom stereocenters. The largest absolute Gasteiger partial charge is 0.390 e. The van der Waals surface area contributed by atoms with Crippen molar-refractivity contribution in [1.29, 1.82) is 0 Å². The fourth-order valence-electron chi connectivity index (χ4n) is 3.97. The van der Waals surface area contributed by atoms with Gasteiger partial charge >= 0.3 is 0 Å². The third-order valence-corrected chi connectivity index (χ3v) is 7.26. The first-order chi connectivity index (χ1) is 13.6. The highest BCUT2D eigenvalue weighted by Crippen LogP contribution is 2.50. The number of aryl methyl sites for hydroxylation is 1. The Hall–Kier alpha value is -1.58. The molecule has 11 heteroatoms. The van der Waals surface area contributed by atoms with Gasteiger partial charge in [-0.2, -0.15) is 0 Å². The molecule has 1 aliphatic heterocycles. The van der Waals surface area contributed by atoms with Crippen LogP contribution in [-0.4, -0.2) is 70.0 Å². The fourth-order valence-corrected chi connectivity index (χ4v) is 5.36. The summed E-state index contributed by atoms with van der Waals surface area (Å²) < 4.78 is 31.3. The molecular weight excluding hydrogens is 397 g/mol. The van der Waals surface area contributed by atoms with Crippen molar-refractivity contribution in [1.82, 2.24) is 19.5 Å². The Bertz CT molecular complexity index is 921. The maximum Gasteiger partial charge on any atom is 0.200 e. The zero-order chi connectivity index (χ0) is 21.4. The first-order valence-corrected chi connectivity index (χ1v) is 11.9. The fraction of sp³-hybridized carbons (Fsp3) is 0.722. The second-order valence-electron chi connectivity index (χ2n) is 7.83. The highest BCUT2D eigenvalue weighted by molar-refractivity contribution is 7.58. The topological polar surface area (TPSA) is 135 Å². The molecule has 1 saturated heterocycles. The minimum atomic E-state index is -2.74. The van der Waals surface area contributed by atoms with E-state index in [0.29, 0.717) is 42.0 Å². The summed E-state index contributed by atoms with van der Waals surface area (Å²) in [6.45, 7) is 7.69. The Morgan fingerprint density at radius 3 is 2.83 bits per heavy atom. The summed E-state index contributed by atoms with van der Waals surface area (Å²) in [7, 11) is -1.16. The maximum absolute atomic E-state index is 12.5. The molecule has 1 aliphatic rings. The number of anilines is 1. The van der Waals surface area contributed by atoms with Crippen LogP contribution in [0.4, 0.5) is 5.82 Å². The van der Waals surface area contributed by atoms with Crippen molar-refractivity contribution in [3.8, 4) is 0 Å². The van der Waals surface area contributed by atoms with Crippen LogP contribution in [0.2, 0.25) is 0 Å². The molecule has 1 fully saturated rings. The van der Waals surface area contributed by atoms with E-state index in [1.807, 2.05) is 13.8 Å². The molecule has 0 bridgehead atoms. The molecule has 0 spiro atoms. The van der Waals surface area contributed by atoms with Crippen molar-refractivity contribution in [2.45, 2.75) is 45.6 Å². The summed E-state index contributed by atoms with van der Waals surface area (Å²) in [5.74, 6) is 0.808. The Morgan fingerprint density at radius 2 is 2.17 bits per heavy atom.